The molecule has 5 fully saturated rings. The second kappa shape index (κ2) is 22.4. The molecular formula is C33H58O28. The predicted octanol–water partition coefficient (Wildman–Crippen LogP) is -12.5. The summed E-state index contributed by atoms with van der Waals surface area (Å²) in [6.07, 6.45) is -48.0. The van der Waals surface area contributed by atoms with E-state index in [1.807, 2.05) is 0 Å². The maximum Gasteiger partial charge on any atom is 0.187 e. The highest BCUT2D eigenvalue weighted by Crippen LogP contribution is 2.33. The normalized spacial score (nSPS) is 48.1. The Morgan fingerprint density at radius 1 is 0.443 bits per heavy atom. The Hall–Kier alpha value is -1.12. The van der Waals surface area contributed by atoms with Crippen LogP contribution < -0.4 is 0 Å². The van der Waals surface area contributed by atoms with Crippen molar-refractivity contribution >= 4 is 0 Å². The molecule has 0 amide bonds. The molecule has 5 saturated heterocycles. The standard InChI is InChI=1S/C33H58O28/c34-1-8(37)16(42)26(9(38)2-35)59-32-25(51)21(47)27(60-31-24(50)20(46)19(45)13(57-31)6-54-29-22(48)15(41)10(39)4-52-29)14(58-32)7-55-33-28(17(43)11(40)5-53-33)61-30-23(49)18(44)12(3-36)56-30/h8-51H,1-7H2/t8-,9+,10+,11+,12-,13+,14+,15-,16+,17-,18-,19+,20-,21+,22+,23+,24+,25+,26+,27+,28+,29+,30-,31-,32-,33+/m0/s1. The maximum atomic E-state index is 11.5. The molecule has 0 spiro atoms. The molecule has 26 atom stereocenters. The van der Waals surface area contributed by atoms with E-state index in [9.17, 15) is 91.9 Å². The van der Waals surface area contributed by atoms with Crippen LogP contribution in [0, 0.1) is 0 Å². The Bertz CT molecular complexity index is 1310. The van der Waals surface area contributed by atoms with E-state index >= 15 is 0 Å². The summed E-state index contributed by atoms with van der Waals surface area (Å²) in [6.45, 7) is -5.54. The lowest BCUT2D eigenvalue weighted by molar-refractivity contribution is -0.377. The minimum atomic E-state index is -2.24. The van der Waals surface area contributed by atoms with Gasteiger partial charge < -0.3 is 139 Å². The molecule has 0 aromatic heterocycles. The third-order valence-corrected chi connectivity index (χ3v) is 10.9. The fourth-order valence-electron chi connectivity index (χ4n) is 7.12. The molecule has 0 bridgehead atoms. The lowest BCUT2D eigenvalue weighted by Crippen LogP contribution is -2.66. The van der Waals surface area contributed by atoms with Gasteiger partial charge in [0.15, 0.2) is 31.5 Å². The van der Waals surface area contributed by atoms with E-state index in [0.29, 0.717) is 0 Å². The monoisotopic (exact) mass is 902 g/mol. The van der Waals surface area contributed by atoms with Crippen molar-refractivity contribution in [3.8, 4) is 0 Å². The molecule has 18 N–H and O–H groups in total. The molecule has 5 aliphatic heterocycles. The van der Waals surface area contributed by atoms with Crippen molar-refractivity contribution in [3.05, 3.63) is 0 Å². The maximum absolute atomic E-state index is 11.5. The van der Waals surface area contributed by atoms with Gasteiger partial charge in [-0.25, -0.2) is 0 Å². The van der Waals surface area contributed by atoms with Gasteiger partial charge in [-0.3, -0.25) is 0 Å². The molecule has 5 aliphatic rings. The van der Waals surface area contributed by atoms with Crippen molar-refractivity contribution in [3.63, 3.8) is 0 Å². The van der Waals surface area contributed by atoms with Gasteiger partial charge in [0.2, 0.25) is 0 Å². The van der Waals surface area contributed by atoms with Crippen molar-refractivity contribution < 1.29 is 139 Å². The molecule has 0 radical (unpaired) electrons. The van der Waals surface area contributed by atoms with E-state index in [1.54, 1.807) is 0 Å². The molecule has 0 aromatic rings. The van der Waals surface area contributed by atoms with E-state index in [0.717, 1.165) is 0 Å². The van der Waals surface area contributed by atoms with Gasteiger partial charge in [-0.1, -0.05) is 0 Å². The Labute approximate surface area is 345 Å². The summed E-state index contributed by atoms with van der Waals surface area (Å²) >= 11 is 0. The third-order valence-electron chi connectivity index (χ3n) is 10.9. The van der Waals surface area contributed by atoms with E-state index in [4.69, 9.17) is 47.4 Å². The number of ether oxygens (including phenoxy) is 10. The minimum absolute atomic E-state index is 0.456. The Kier molecular flexibility index (Phi) is 18.7. The molecule has 5 heterocycles. The molecule has 5 rings (SSSR count). The first-order valence-corrected chi connectivity index (χ1v) is 19.3. The highest BCUT2D eigenvalue weighted by Gasteiger charge is 2.54. The van der Waals surface area contributed by atoms with Crippen LogP contribution in [0.5, 0.6) is 0 Å². The molecule has 0 unspecified atom stereocenters. The third kappa shape index (κ3) is 11.5. The van der Waals surface area contributed by atoms with Crippen LogP contribution >= 0.6 is 0 Å². The molecule has 358 valence electrons. The smallest absolute Gasteiger partial charge is 0.187 e. The molecule has 0 saturated carbocycles. The molecule has 28 nitrogen and oxygen atoms in total. The van der Waals surface area contributed by atoms with Crippen LogP contribution in [0.2, 0.25) is 0 Å². The van der Waals surface area contributed by atoms with Gasteiger partial charge in [0, 0.05) is 0 Å². The van der Waals surface area contributed by atoms with Crippen LogP contribution in [-0.4, -0.2) is 298 Å². The van der Waals surface area contributed by atoms with Crippen LogP contribution in [0.25, 0.3) is 0 Å². The van der Waals surface area contributed by atoms with Crippen molar-refractivity contribution in [1.29, 1.82) is 0 Å². The molecular weight excluding hydrogens is 844 g/mol. The lowest BCUT2D eigenvalue weighted by Gasteiger charge is -2.47. The first-order valence-electron chi connectivity index (χ1n) is 19.3. The van der Waals surface area contributed by atoms with Gasteiger partial charge in [-0.05, 0) is 0 Å². The Morgan fingerprint density at radius 2 is 0.918 bits per heavy atom. The zero-order valence-corrected chi connectivity index (χ0v) is 32.1. The minimum Gasteiger partial charge on any atom is -0.394 e. The quantitative estimate of drug-likeness (QED) is 0.0607. The van der Waals surface area contributed by atoms with Crippen LogP contribution in [0.15, 0.2) is 0 Å². The molecule has 0 aliphatic carbocycles. The largest absolute Gasteiger partial charge is 0.394 e. The van der Waals surface area contributed by atoms with E-state index in [1.165, 1.54) is 0 Å². The van der Waals surface area contributed by atoms with Crippen molar-refractivity contribution in [2.75, 3.05) is 46.2 Å². The summed E-state index contributed by atoms with van der Waals surface area (Å²) in [6, 6.07) is 0. The topological polar surface area (TPSA) is 456 Å². The number of hydrogen-bond acceptors (Lipinski definition) is 28. The average molecular weight is 903 g/mol. The van der Waals surface area contributed by atoms with Crippen LogP contribution in [0.4, 0.5) is 0 Å². The Balaban J connectivity index is 1.38. The summed E-state index contributed by atoms with van der Waals surface area (Å²) in [7, 11) is 0. The number of aliphatic hydroxyl groups excluding tert-OH is 18. The van der Waals surface area contributed by atoms with Crippen molar-refractivity contribution in [2.24, 2.45) is 0 Å². The number of hydrogen-bond donors (Lipinski definition) is 18. The number of aliphatic hydroxyl groups is 18. The number of rotatable bonds is 18. The molecule has 28 heteroatoms. The Morgan fingerprint density at radius 3 is 1.52 bits per heavy atom. The van der Waals surface area contributed by atoms with Crippen LogP contribution in [0.3, 0.4) is 0 Å². The average Bonchev–Trinajstić information content (AvgIpc) is 3.52. The predicted molar refractivity (Wildman–Crippen MR) is 183 cm³/mol. The SMILES string of the molecule is OC[C@@H](O)[C@@H](O[C@@H]1O[C@H](CO[C@H]2OC[C@@H](O)[C@H](O)[C@H]2O[C@@H]2O[C@@H](CO)[C@H](O)[C@H]2O)[C@@H](O[C@@H]2O[C@H](CO[C@H]3OC[C@@H](O)[C@H](O)[C@H]3O)[C@@H](O)[C@H](O)[C@H]2O)[C@H](O)[C@H]1O)[C@H](O)[C@@H](O)CO. The highest BCUT2D eigenvalue weighted by atomic mass is 16.8. The van der Waals surface area contributed by atoms with Gasteiger partial charge in [0.05, 0.1) is 46.2 Å². The summed E-state index contributed by atoms with van der Waals surface area (Å²) in [5.74, 6) is 0. The van der Waals surface area contributed by atoms with Crippen molar-refractivity contribution in [2.45, 2.75) is 160 Å². The fraction of sp³-hybridized carbons (Fsp3) is 1.00. The van der Waals surface area contributed by atoms with Gasteiger partial charge in [0.1, 0.15) is 128 Å². The van der Waals surface area contributed by atoms with E-state index in [-0.39, 0.29) is 0 Å². The van der Waals surface area contributed by atoms with Gasteiger partial charge >= 0.3 is 0 Å². The zero-order valence-electron chi connectivity index (χ0n) is 32.1. The van der Waals surface area contributed by atoms with E-state index < -0.39 is 206 Å². The van der Waals surface area contributed by atoms with Gasteiger partial charge in [0.25, 0.3) is 0 Å². The highest BCUT2D eigenvalue weighted by molar-refractivity contribution is 4.97. The second-order valence-electron chi connectivity index (χ2n) is 15.2. The lowest BCUT2D eigenvalue weighted by atomic mass is 9.96. The molecule has 61 heavy (non-hydrogen) atoms. The van der Waals surface area contributed by atoms with Crippen LogP contribution in [-0.2, 0) is 47.4 Å². The first kappa shape index (κ1) is 50.9. The fourth-order valence-corrected chi connectivity index (χ4v) is 7.12. The van der Waals surface area contributed by atoms with Crippen LogP contribution in [0.1, 0.15) is 0 Å². The summed E-state index contributed by atoms with van der Waals surface area (Å²) in [5.41, 5.74) is 0. The summed E-state index contributed by atoms with van der Waals surface area (Å²) < 4.78 is 55.6. The van der Waals surface area contributed by atoms with Gasteiger partial charge in [-0.2, -0.15) is 0 Å². The summed E-state index contributed by atoms with van der Waals surface area (Å²) in [4.78, 5) is 0. The van der Waals surface area contributed by atoms with Crippen molar-refractivity contribution in [1.82, 2.24) is 0 Å². The van der Waals surface area contributed by atoms with E-state index in [2.05, 4.69) is 0 Å². The summed E-state index contributed by atoms with van der Waals surface area (Å²) in [5, 5.41) is 186. The first-order chi connectivity index (χ1) is 28.8. The molecule has 0 aromatic carbocycles. The van der Waals surface area contributed by atoms with Gasteiger partial charge in [-0.15, -0.1) is 0 Å². The second-order valence-corrected chi connectivity index (χ2v) is 15.2. The zero-order chi connectivity index (χ0) is 45.0.